The van der Waals surface area contributed by atoms with Crippen LogP contribution in [0.25, 0.3) is 5.65 Å². The average molecular weight is 233 g/mol. The molecule has 3 rings (SSSR count). The predicted molar refractivity (Wildman–Crippen MR) is 59.4 cm³/mol. The van der Waals surface area contributed by atoms with E-state index in [9.17, 15) is 9.18 Å². The molecule has 0 saturated carbocycles. The number of carbonyl (C=O) groups excluding carboxylic acids is 1. The Kier molecular flexibility index (Phi) is 1.91. The Morgan fingerprint density at radius 1 is 1.59 bits per heavy atom. The molecule has 0 spiro atoms. The zero-order chi connectivity index (χ0) is 12.2. The summed E-state index contributed by atoms with van der Waals surface area (Å²) in [5.74, 6) is -0.708. The summed E-state index contributed by atoms with van der Waals surface area (Å²) in [6.45, 7) is 4.07. The van der Waals surface area contributed by atoms with Gasteiger partial charge in [0, 0.05) is 29.2 Å². The Hall–Kier alpha value is -1.78. The third-order valence-corrected chi connectivity index (χ3v) is 3.42. The minimum absolute atomic E-state index is 0.163. The van der Waals surface area contributed by atoms with Gasteiger partial charge in [0.15, 0.2) is 5.65 Å². The fourth-order valence-corrected chi connectivity index (χ4v) is 2.75. The molecule has 2 aromatic heterocycles. The molecule has 88 valence electrons. The van der Waals surface area contributed by atoms with Crippen molar-refractivity contribution < 1.29 is 9.18 Å². The zero-order valence-corrected chi connectivity index (χ0v) is 9.64. The lowest BCUT2D eigenvalue weighted by molar-refractivity contribution is -0.109. The summed E-state index contributed by atoms with van der Waals surface area (Å²) in [7, 11) is 0. The standard InChI is InChI=1S/C12H12FN3O/c1-12(2)4-7(6-17)8-5-14-10-3-9(13)15-16(10)11(8)12/h3,5-7H,4H2,1-2H3. The van der Waals surface area contributed by atoms with Crippen LogP contribution < -0.4 is 0 Å². The van der Waals surface area contributed by atoms with E-state index in [1.54, 1.807) is 6.20 Å². The molecular weight excluding hydrogens is 221 g/mol. The maximum Gasteiger partial charge on any atom is 0.235 e. The Morgan fingerprint density at radius 2 is 2.35 bits per heavy atom. The van der Waals surface area contributed by atoms with Crippen molar-refractivity contribution in [3.05, 3.63) is 29.5 Å². The van der Waals surface area contributed by atoms with Gasteiger partial charge in [-0.2, -0.15) is 4.39 Å². The van der Waals surface area contributed by atoms with E-state index in [0.29, 0.717) is 12.1 Å². The lowest BCUT2D eigenvalue weighted by Crippen LogP contribution is -2.17. The van der Waals surface area contributed by atoms with Crippen LogP contribution in [0.1, 0.15) is 37.4 Å². The molecule has 1 aliphatic carbocycles. The summed E-state index contributed by atoms with van der Waals surface area (Å²) in [5, 5.41) is 3.82. The van der Waals surface area contributed by atoms with Crippen LogP contribution in [0.15, 0.2) is 12.3 Å². The zero-order valence-electron chi connectivity index (χ0n) is 9.64. The molecule has 0 aliphatic heterocycles. The number of halogens is 1. The van der Waals surface area contributed by atoms with Crippen molar-refractivity contribution in [2.75, 3.05) is 0 Å². The number of hydrogen-bond acceptors (Lipinski definition) is 3. The van der Waals surface area contributed by atoms with E-state index in [4.69, 9.17) is 0 Å². The highest BCUT2D eigenvalue weighted by atomic mass is 19.1. The van der Waals surface area contributed by atoms with E-state index in [1.165, 1.54) is 10.6 Å². The summed E-state index contributed by atoms with van der Waals surface area (Å²) < 4.78 is 14.7. The van der Waals surface area contributed by atoms with Crippen LogP contribution in [0.3, 0.4) is 0 Å². The summed E-state index contributed by atoms with van der Waals surface area (Å²) in [5.41, 5.74) is 2.05. The number of hydrogen-bond donors (Lipinski definition) is 0. The van der Waals surface area contributed by atoms with Crippen molar-refractivity contribution in [3.63, 3.8) is 0 Å². The highest BCUT2D eigenvalue weighted by Gasteiger charge is 2.39. The van der Waals surface area contributed by atoms with Crippen molar-refractivity contribution in [1.82, 2.24) is 14.6 Å². The van der Waals surface area contributed by atoms with E-state index >= 15 is 0 Å². The topological polar surface area (TPSA) is 47.3 Å². The SMILES string of the molecule is CC1(C)CC(C=O)c2cnc3cc(F)nn3c21. The summed E-state index contributed by atoms with van der Waals surface area (Å²) in [4.78, 5) is 15.2. The van der Waals surface area contributed by atoms with E-state index in [-0.39, 0.29) is 11.3 Å². The molecule has 5 heteroatoms. The first-order chi connectivity index (χ1) is 8.03. The molecule has 0 fully saturated rings. The van der Waals surface area contributed by atoms with Gasteiger partial charge in [-0.3, -0.25) is 0 Å². The van der Waals surface area contributed by atoms with Gasteiger partial charge in [-0.15, -0.1) is 5.10 Å². The molecule has 1 aliphatic rings. The molecule has 0 bridgehead atoms. The van der Waals surface area contributed by atoms with E-state index < -0.39 is 5.95 Å². The smallest absolute Gasteiger partial charge is 0.235 e. The van der Waals surface area contributed by atoms with Gasteiger partial charge in [0.2, 0.25) is 5.95 Å². The van der Waals surface area contributed by atoms with Crippen LogP contribution in [0.4, 0.5) is 4.39 Å². The number of nitrogens with zero attached hydrogens (tertiary/aromatic N) is 3. The largest absolute Gasteiger partial charge is 0.303 e. The second-order valence-electron chi connectivity index (χ2n) is 5.13. The molecule has 0 radical (unpaired) electrons. The summed E-state index contributed by atoms with van der Waals surface area (Å²) in [6, 6.07) is 1.30. The Bertz CT molecular complexity index is 617. The molecule has 2 aromatic rings. The van der Waals surface area contributed by atoms with Gasteiger partial charge < -0.3 is 4.79 Å². The number of carbonyl (C=O) groups is 1. The molecule has 0 saturated heterocycles. The number of fused-ring (bicyclic) bond motifs is 3. The molecule has 4 nitrogen and oxygen atoms in total. The van der Waals surface area contributed by atoms with Crippen molar-refractivity contribution in [2.45, 2.75) is 31.6 Å². The van der Waals surface area contributed by atoms with E-state index in [2.05, 4.69) is 10.1 Å². The van der Waals surface area contributed by atoms with E-state index in [1.807, 2.05) is 13.8 Å². The fourth-order valence-electron chi connectivity index (χ4n) is 2.75. The van der Waals surface area contributed by atoms with Crippen molar-refractivity contribution in [2.24, 2.45) is 0 Å². The summed E-state index contributed by atoms with van der Waals surface area (Å²) >= 11 is 0. The minimum Gasteiger partial charge on any atom is -0.303 e. The lowest BCUT2D eigenvalue weighted by Gasteiger charge is -2.19. The van der Waals surface area contributed by atoms with Crippen molar-refractivity contribution >= 4 is 11.9 Å². The van der Waals surface area contributed by atoms with Gasteiger partial charge in [-0.25, -0.2) is 9.50 Å². The van der Waals surface area contributed by atoms with Gasteiger partial charge in [0.05, 0.1) is 5.69 Å². The maximum atomic E-state index is 13.2. The van der Waals surface area contributed by atoms with Crippen molar-refractivity contribution in [1.29, 1.82) is 0 Å². The van der Waals surface area contributed by atoms with Crippen LogP contribution in [0.2, 0.25) is 0 Å². The molecule has 0 amide bonds. The third kappa shape index (κ3) is 1.31. The highest BCUT2D eigenvalue weighted by Crippen LogP contribution is 2.44. The van der Waals surface area contributed by atoms with Gasteiger partial charge in [-0.05, 0) is 6.42 Å². The fraction of sp³-hybridized carbons (Fsp3) is 0.417. The van der Waals surface area contributed by atoms with Crippen LogP contribution in [0, 0.1) is 5.95 Å². The quantitative estimate of drug-likeness (QED) is 0.706. The molecule has 2 heterocycles. The first kappa shape index (κ1) is 10.4. The van der Waals surface area contributed by atoms with E-state index in [0.717, 1.165) is 17.5 Å². The first-order valence-corrected chi connectivity index (χ1v) is 5.53. The lowest BCUT2D eigenvalue weighted by atomic mass is 9.89. The molecule has 17 heavy (non-hydrogen) atoms. The Labute approximate surface area is 97.5 Å². The highest BCUT2D eigenvalue weighted by molar-refractivity contribution is 5.66. The number of rotatable bonds is 1. The van der Waals surface area contributed by atoms with Crippen LogP contribution >= 0.6 is 0 Å². The molecular formula is C12H12FN3O. The molecule has 1 unspecified atom stereocenters. The van der Waals surface area contributed by atoms with Gasteiger partial charge in [0.1, 0.15) is 6.29 Å². The normalized spacial score (nSPS) is 21.7. The second-order valence-corrected chi connectivity index (χ2v) is 5.13. The number of aromatic nitrogens is 3. The Morgan fingerprint density at radius 3 is 3.06 bits per heavy atom. The van der Waals surface area contributed by atoms with Crippen molar-refractivity contribution in [3.8, 4) is 0 Å². The average Bonchev–Trinajstić information content (AvgIpc) is 2.75. The van der Waals surface area contributed by atoms with Gasteiger partial charge >= 0.3 is 0 Å². The Balaban J connectivity index is 2.38. The summed E-state index contributed by atoms with van der Waals surface area (Å²) in [6.07, 6.45) is 3.31. The number of aldehydes is 1. The van der Waals surface area contributed by atoms with Gasteiger partial charge in [-0.1, -0.05) is 13.8 Å². The van der Waals surface area contributed by atoms with Gasteiger partial charge in [0.25, 0.3) is 0 Å². The predicted octanol–water partition coefficient (Wildman–Crippen LogP) is 1.83. The monoisotopic (exact) mass is 233 g/mol. The minimum atomic E-state index is -0.545. The second kappa shape index (κ2) is 3.12. The van der Waals surface area contributed by atoms with Crippen LogP contribution in [0.5, 0.6) is 0 Å². The first-order valence-electron chi connectivity index (χ1n) is 5.53. The van der Waals surface area contributed by atoms with Crippen LogP contribution in [-0.2, 0) is 10.2 Å². The third-order valence-electron chi connectivity index (χ3n) is 3.42. The maximum absolute atomic E-state index is 13.2. The molecule has 0 aromatic carbocycles. The van der Waals surface area contributed by atoms with Crippen LogP contribution in [-0.4, -0.2) is 20.9 Å². The molecule has 1 atom stereocenters. The molecule has 0 N–H and O–H groups in total.